The summed E-state index contributed by atoms with van der Waals surface area (Å²) >= 11 is 0. The van der Waals surface area contributed by atoms with E-state index in [2.05, 4.69) is 20.2 Å². The minimum Gasteiger partial charge on any atom is -0.353 e. The summed E-state index contributed by atoms with van der Waals surface area (Å²) in [5.41, 5.74) is 2.05. The minimum atomic E-state index is 0.131. The van der Waals surface area contributed by atoms with Gasteiger partial charge in [0, 0.05) is 25.0 Å². The van der Waals surface area contributed by atoms with Gasteiger partial charge in [0.15, 0.2) is 0 Å². The highest BCUT2D eigenvalue weighted by Crippen LogP contribution is 2.18. The number of hydrogen-bond donors (Lipinski definition) is 2. The number of para-hydroxylation sites is 2. The van der Waals surface area contributed by atoms with Gasteiger partial charge in [-0.1, -0.05) is 26.0 Å². The second-order valence-electron chi connectivity index (χ2n) is 6.42. The number of imidazole rings is 1. The number of hydrogen-bond acceptors (Lipinski definition) is 4. The number of rotatable bonds is 5. The van der Waals surface area contributed by atoms with Crippen molar-refractivity contribution in [2.75, 3.05) is 25.0 Å². The molecular weight excluding hydrogens is 276 g/mol. The van der Waals surface area contributed by atoms with Crippen molar-refractivity contribution in [3.8, 4) is 0 Å². The highest BCUT2D eigenvalue weighted by Gasteiger charge is 2.22. The van der Waals surface area contributed by atoms with E-state index in [0.717, 1.165) is 42.9 Å². The minimum absolute atomic E-state index is 0.131. The molecular formula is C17H24N4O. The highest BCUT2D eigenvalue weighted by atomic mass is 16.1. The van der Waals surface area contributed by atoms with E-state index in [1.54, 1.807) is 0 Å². The van der Waals surface area contributed by atoms with E-state index < -0.39 is 0 Å². The Kier molecular flexibility index (Phi) is 4.43. The summed E-state index contributed by atoms with van der Waals surface area (Å²) in [6.45, 7) is 6.47. The lowest BCUT2D eigenvalue weighted by Crippen LogP contribution is -2.42. The van der Waals surface area contributed by atoms with Crippen LogP contribution in [0.4, 0.5) is 5.95 Å². The van der Waals surface area contributed by atoms with Crippen molar-refractivity contribution >= 4 is 22.8 Å². The van der Waals surface area contributed by atoms with Crippen LogP contribution in [0.15, 0.2) is 24.3 Å². The van der Waals surface area contributed by atoms with Crippen LogP contribution < -0.4 is 5.32 Å². The number of anilines is 1. The Morgan fingerprint density at radius 2 is 2.09 bits per heavy atom. The van der Waals surface area contributed by atoms with E-state index in [1.807, 2.05) is 38.1 Å². The van der Waals surface area contributed by atoms with Crippen LogP contribution in [0.3, 0.4) is 0 Å². The molecule has 0 aliphatic carbocycles. The van der Waals surface area contributed by atoms with Gasteiger partial charge in [-0.3, -0.25) is 9.69 Å². The molecule has 0 radical (unpaired) electrons. The second kappa shape index (κ2) is 6.48. The fraction of sp³-hybridized carbons (Fsp3) is 0.529. The van der Waals surface area contributed by atoms with Crippen molar-refractivity contribution < 1.29 is 4.79 Å². The second-order valence-corrected chi connectivity index (χ2v) is 6.42. The zero-order chi connectivity index (χ0) is 15.5. The largest absolute Gasteiger partial charge is 0.353 e. The summed E-state index contributed by atoms with van der Waals surface area (Å²) in [5, 5.41) is 3.49. The maximum atomic E-state index is 11.8. The van der Waals surface area contributed by atoms with Gasteiger partial charge in [-0.25, -0.2) is 4.98 Å². The topological polar surface area (TPSA) is 61.0 Å². The maximum absolute atomic E-state index is 11.8. The van der Waals surface area contributed by atoms with Crippen LogP contribution in [-0.2, 0) is 4.79 Å². The number of carbonyl (C=O) groups is 1. The van der Waals surface area contributed by atoms with E-state index in [4.69, 9.17) is 0 Å². The third-order valence-electron chi connectivity index (χ3n) is 4.34. The van der Waals surface area contributed by atoms with Gasteiger partial charge >= 0.3 is 0 Å². The summed E-state index contributed by atoms with van der Waals surface area (Å²) < 4.78 is 0. The lowest BCUT2D eigenvalue weighted by molar-refractivity contribution is -0.123. The van der Waals surface area contributed by atoms with Crippen molar-refractivity contribution in [2.24, 2.45) is 5.92 Å². The monoisotopic (exact) mass is 300 g/mol. The molecule has 3 rings (SSSR count). The number of aromatic nitrogens is 2. The number of carbonyl (C=O) groups excluding carboxylic acids is 1. The molecule has 5 heteroatoms. The van der Waals surface area contributed by atoms with Crippen molar-refractivity contribution in [1.29, 1.82) is 0 Å². The van der Waals surface area contributed by atoms with E-state index in [-0.39, 0.29) is 5.92 Å². The molecule has 0 bridgehead atoms. The van der Waals surface area contributed by atoms with E-state index in [1.165, 1.54) is 0 Å². The average Bonchev–Trinajstić information content (AvgIpc) is 2.91. The average molecular weight is 300 g/mol. The van der Waals surface area contributed by atoms with Gasteiger partial charge in [0.05, 0.1) is 17.6 Å². The van der Waals surface area contributed by atoms with Crippen LogP contribution in [0, 0.1) is 5.92 Å². The van der Waals surface area contributed by atoms with Crippen LogP contribution >= 0.6 is 0 Å². The normalized spacial score (nSPS) is 17.2. The molecule has 2 aromatic rings. The van der Waals surface area contributed by atoms with Gasteiger partial charge in [-0.2, -0.15) is 0 Å². The van der Waals surface area contributed by atoms with Crippen molar-refractivity contribution in [1.82, 2.24) is 14.9 Å². The molecule has 5 nitrogen and oxygen atoms in total. The number of ketones is 1. The predicted molar refractivity (Wildman–Crippen MR) is 89.0 cm³/mol. The molecule has 1 aliphatic heterocycles. The summed E-state index contributed by atoms with van der Waals surface area (Å²) in [5.74, 6) is 1.31. The molecule has 1 aromatic heterocycles. The molecule has 0 saturated carbocycles. The quantitative estimate of drug-likeness (QED) is 0.891. The molecule has 0 amide bonds. The predicted octanol–water partition coefficient (Wildman–Crippen LogP) is 2.66. The fourth-order valence-corrected chi connectivity index (χ4v) is 2.85. The number of likely N-dealkylation sites (tertiary alicyclic amines) is 1. The standard InChI is InChI=1S/C17H24N4O/c1-12(2)16(22)11-21-9-7-13(8-10-21)18-17-19-14-5-3-4-6-15(14)20-17/h3-6,12-13H,7-11H2,1-2H3,(H2,18,19,20). The molecule has 1 aliphatic rings. The van der Waals surface area contributed by atoms with Gasteiger partial charge in [-0.15, -0.1) is 0 Å². The lowest BCUT2D eigenvalue weighted by Gasteiger charge is -2.32. The Bertz CT molecular complexity index is 608. The molecule has 1 saturated heterocycles. The van der Waals surface area contributed by atoms with Gasteiger partial charge in [0.25, 0.3) is 0 Å². The number of Topliss-reactive ketones (excluding diaryl/α,β-unsaturated/α-hetero) is 1. The Morgan fingerprint density at radius 1 is 1.36 bits per heavy atom. The summed E-state index contributed by atoms with van der Waals surface area (Å²) in [7, 11) is 0. The van der Waals surface area contributed by atoms with Crippen LogP contribution in [0.25, 0.3) is 11.0 Å². The number of H-pyrrole nitrogens is 1. The number of nitrogens with zero attached hydrogens (tertiary/aromatic N) is 2. The smallest absolute Gasteiger partial charge is 0.201 e. The van der Waals surface area contributed by atoms with Gasteiger partial charge < -0.3 is 10.3 Å². The molecule has 1 aromatic carbocycles. The number of benzene rings is 1. The van der Waals surface area contributed by atoms with E-state index in [9.17, 15) is 4.79 Å². The Balaban J connectivity index is 1.52. The first-order valence-electron chi connectivity index (χ1n) is 8.08. The maximum Gasteiger partial charge on any atom is 0.201 e. The SMILES string of the molecule is CC(C)C(=O)CN1CCC(Nc2nc3ccccc3[nH]2)CC1. The number of aromatic amines is 1. The summed E-state index contributed by atoms with van der Waals surface area (Å²) in [6.07, 6.45) is 2.09. The third kappa shape index (κ3) is 3.47. The first-order chi connectivity index (χ1) is 10.6. The van der Waals surface area contributed by atoms with Crippen LogP contribution in [0.1, 0.15) is 26.7 Å². The first-order valence-corrected chi connectivity index (χ1v) is 8.08. The van der Waals surface area contributed by atoms with Gasteiger partial charge in [0.2, 0.25) is 5.95 Å². The molecule has 22 heavy (non-hydrogen) atoms. The van der Waals surface area contributed by atoms with E-state index >= 15 is 0 Å². The highest BCUT2D eigenvalue weighted by molar-refractivity contribution is 5.82. The van der Waals surface area contributed by atoms with Crippen molar-refractivity contribution in [3.63, 3.8) is 0 Å². The first kappa shape index (κ1) is 15.0. The molecule has 0 spiro atoms. The van der Waals surface area contributed by atoms with Gasteiger partial charge in [0.1, 0.15) is 5.78 Å². The molecule has 0 unspecified atom stereocenters. The molecule has 1 fully saturated rings. The lowest BCUT2D eigenvalue weighted by atomic mass is 10.0. The Labute approximate surface area is 131 Å². The fourth-order valence-electron chi connectivity index (χ4n) is 2.85. The van der Waals surface area contributed by atoms with Gasteiger partial charge in [-0.05, 0) is 25.0 Å². The van der Waals surface area contributed by atoms with Crippen LogP contribution in [0.2, 0.25) is 0 Å². The molecule has 2 N–H and O–H groups in total. The number of fused-ring (bicyclic) bond motifs is 1. The van der Waals surface area contributed by atoms with E-state index in [0.29, 0.717) is 18.4 Å². The Hall–Kier alpha value is -1.88. The van der Waals surface area contributed by atoms with Crippen LogP contribution in [-0.4, -0.2) is 46.3 Å². The zero-order valence-corrected chi connectivity index (χ0v) is 13.3. The number of piperidine rings is 1. The molecule has 2 heterocycles. The number of nitrogens with one attached hydrogen (secondary N) is 2. The molecule has 118 valence electrons. The molecule has 0 atom stereocenters. The van der Waals surface area contributed by atoms with Crippen molar-refractivity contribution in [2.45, 2.75) is 32.7 Å². The summed E-state index contributed by atoms with van der Waals surface area (Å²) in [4.78, 5) is 21.9. The third-order valence-corrected chi connectivity index (χ3v) is 4.34. The zero-order valence-electron chi connectivity index (χ0n) is 13.3. The Morgan fingerprint density at radius 3 is 2.77 bits per heavy atom. The van der Waals surface area contributed by atoms with Crippen molar-refractivity contribution in [3.05, 3.63) is 24.3 Å². The van der Waals surface area contributed by atoms with Crippen LogP contribution in [0.5, 0.6) is 0 Å². The summed E-state index contributed by atoms with van der Waals surface area (Å²) in [6, 6.07) is 8.47.